The number of benzene rings is 1. The lowest BCUT2D eigenvalue weighted by molar-refractivity contribution is 0.0383. The van der Waals surface area contributed by atoms with Gasteiger partial charge in [0.1, 0.15) is 17.7 Å². The van der Waals surface area contributed by atoms with Crippen LogP contribution in [0.2, 0.25) is 0 Å². The highest BCUT2D eigenvalue weighted by Crippen LogP contribution is 2.40. The number of aromatic nitrogens is 2. The predicted molar refractivity (Wildman–Crippen MR) is 101 cm³/mol. The monoisotopic (exact) mass is 382 g/mol. The molecule has 1 saturated heterocycles. The summed E-state index contributed by atoms with van der Waals surface area (Å²) in [6.45, 7) is 4.75. The van der Waals surface area contributed by atoms with Crippen molar-refractivity contribution >= 4 is 16.9 Å². The Bertz CT molecular complexity index is 985. The topological polar surface area (TPSA) is 93.6 Å². The molecule has 28 heavy (non-hydrogen) atoms. The molecule has 0 bridgehead atoms. The fourth-order valence-corrected chi connectivity index (χ4v) is 3.43. The molecule has 146 valence electrons. The number of nitrogens with zero attached hydrogens (tertiary/aromatic N) is 3. The average molecular weight is 382 g/mol. The van der Waals surface area contributed by atoms with E-state index < -0.39 is 0 Å². The van der Waals surface area contributed by atoms with Gasteiger partial charge in [-0.25, -0.2) is 4.98 Å². The molecule has 8 nitrogen and oxygen atoms in total. The number of hydrogen-bond acceptors (Lipinski definition) is 7. The molecule has 1 aliphatic carbocycles. The highest BCUT2D eigenvalue weighted by Gasteiger charge is 2.29. The van der Waals surface area contributed by atoms with Gasteiger partial charge in [0.05, 0.1) is 18.6 Å². The van der Waals surface area contributed by atoms with Gasteiger partial charge in [-0.3, -0.25) is 9.69 Å². The summed E-state index contributed by atoms with van der Waals surface area (Å²) >= 11 is 0. The van der Waals surface area contributed by atoms with E-state index in [1.807, 2.05) is 0 Å². The SMILES string of the molecule is O=C(NCCN1CCOCC1)c1ccc2onc(-c3coc(C4CC4)n3)c2c1. The largest absolute Gasteiger partial charge is 0.448 e. The normalized spacial score (nSPS) is 17.9. The van der Waals surface area contributed by atoms with Crippen LogP contribution < -0.4 is 5.32 Å². The zero-order valence-corrected chi connectivity index (χ0v) is 15.5. The summed E-state index contributed by atoms with van der Waals surface area (Å²) in [6.07, 6.45) is 3.85. The van der Waals surface area contributed by atoms with Crippen LogP contribution in [0.1, 0.15) is 35.0 Å². The van der Waals surface area contributed by atoms with E-state index >= 15 is 0 Å². The summed E-state index contributed by atoms with van der Waals surface area (Å²) in [5.41, 5.74) is 2.44. The number of nitrogens with one attached hydrogen (secondary N) is 1. The van der Waals surface area contributed by atoms with Crippen molar-refractivity contribution in [2.45, 2.75) is 18.8 Å². The first kappa shape index (κ1) is 17.4. The van der Waals surface area contributed by atoms with Gasteiger partial charge in [0, 0.05) is 37.7 Å². The highest BCUT2D eigenvalue weighted by atomic mass is 16.5. The quantitative estimate of drug-likeness (QED) is 0.700. The van der Waals surface area contributed by atoms with Crippen molar-refractivity contribution in [2.24, 2.45) is 0 Å². The van der Waals surface area contributed by atoms with Crippen molar-refractivity contribution in [1.82, 2.24) is 20.4 Å². The molecule has 8 heteroatoms. The van der Waals surface area contributed by atoms with Crippen molar-refractivity contribution in [3.63, 3.8) is 0 Å². The third-order valence-corrected chi connectivity index (χ3v) is 5.24. The Labute approximate surface area is 161 Å². The van der Waals surface area contributed by atoms with Gasteiger partial charge < -0.3 is 19.0 Å². The van der Waals surface area contributed by atoms with Gasteiger partial charge in [0.25, 0.3) is 5.91 Å². The molecule has 2 fully saturated rings. The van der Waals surface area contributed by atoms with Gasteiger partial charge in [-0.15, -0.1) is 0 Å². The Balaban J connectivity index is 1.30. The maximum absolute atomic E-state index is 12.6. The van der Waals surface area contributed by atoms with Crippen LogP contribution in [0.4, 0.5) is 0 Å². The molecule has 3 aromatic rings. The zero-order valence-electron chi connectivity index (χ0n) is 15.5. The molecule has 1 aliphatic heterocycles. The number of amides is 1. The van der Waals surface area contributed by atoms with Crippen LogP contribution >= 0.6 is 0 Å². The molecule has 0 atom stereocenters. The lowest BCUT2D eigenvalue weighted by Crippen LogP contribution is -2.41. The van der Waals surface area contributed by atoms with Crippen molar-refractivity contribution in [3.8, 4) is 11.4 Å². The predicted octanol–water partition coefficient (Wildman–Crippen LogP) is 2.42. The molecule has 1 saturated carbocycles. The van der Waals surface area contributed by atoms with Crippen molar-refractivity contribution < 1.29 is 18.5 Å². The third-order valence-electron chi connectivity index (χ3n) is 5.24. The minimum absolute atomic E-state index is 0.110. The first-order valence-electron chi connectivity index (χ1n) is 9.71. The first-order chi connectivity index (χ1) is 13.8. The number of morpholine rings is 1. The minimum Gasteiger partial charge on any atom is -0.448 e. The average Bonchev–Trinajstić information content (AvgIpc) is 3.31. The standard InChI is InChI=1S/C20H22N4O4/c25-19(21-5-6-24-7-9-26-10-8-24)14-3-4-17-15(11-14)18(23-28-17)16-12-27-20(22-16)13-1-2-13/h3-4,11-13H,1-2,5-10H2,(H,21,25). The molecule has 0 unspecified atom stereocenters. The Kier molecular flexibility index (Phi) is 4.58. The van der Waals surface area contributed by atoms with Gasteiger partial charge in [-0.2, -0.15) is 0 Å². The number of hydrogen-bond donors (Lipinski definition) is 1. The minimum atomic E-state index is -0.110. The number of carbonyl (C=O) groups excluding carboxylic acids is 1. The van der Waals surface area contributed by atoms with Crippen LogP contribution in [0.25, 0.3) is 22.4 Å². The molecule has 0 spiro atoms. The van der Waals surface area contributed by atoms with Gasteiger partial charge in [0.2, 0.25) is 0 Å². The smallest absolute Gasteiger partial charge is 0.251 e. The molecular weight excluding hydrogens is 360 g/mol. The molecule has 2 aromatic heterocycles. The van der Waals surface area contributed by atoms with E-state index in [-0.39, 0.29) is 5.91 Å². The summed E-state index contributed by atoms with van der Waals surface area (Å²) in [5, 5.41) is 7.88. The Morgan fingerprint density at radius 2 is 2.11 bits per heavy atom. The lowest BCUT2D eigenvalue weighted by Gasteiger charge is -2.26. The van der Waals surface area contributed by atoms with Crippen LogP contribution in [0, 0.1) is 0 Å². The molecule has 1 aromatic carbocycles. The van der Waals surface area contributed by atoms with Crippen LogP contribution in [0.15, 0.2) is 33.4 Å². The summed E-state index contributed by atoms with van der Waals surface area (Å²) < 4.78 is 16.3. The number of ether oxygens (including phenoxy) is 1. The van der Waals surface area contributed by atoms with Crippen molar-refractivity contribution in [3.05, 3.63) is 35.9 Å². The Hall–Kier alpha value is -2.71. The maximum atomic E-state index is 12.6. The van der Waals surface area contributed by atoms with Gasteiger partial charge >= 0.3 is 0 Å². The van der Waals surface area contributed by atoms with Crippen molar-refractivity contribution in [1.29, 1.82) is 0 Å². The lowest BCUT2D eigenvalue weighted by atomic mass is 10.1. The second-order valence-corrected chi connectivity index (χ2v) is 7.30. The molecule has 1 amide bonds. The molecule has 2 aliphatic rings. The van der Waals surface area contributed by atoms with Gasteiger partial charge in [-0.1, -0.05) is 5.16 Å². The second kappa shape index (κ2) is 7.37. The molecular formula is C20H22N4O4. The number of rotatable bonds is 6. The second-order valence-electron chi connectivity index (χ2n) is 7.30. The van der Waals surface area contributed by atoms with Crippen LogP contribution in [-0.4, -0.2) is 60.3 Å². The summed E-state index contributed by atoms with van der Waals surface area (Å²) in [7, 11) is 0. The van der Waals surface area contributed by atoms with Crippen LogP contribution in [-0.2, 0) is 4.74 Å². The van der Waals surface area contributed by atoms with Crippen molar-refractivity contribution in [2.75, 3.05) is 39.4 Å². The van der Waals surface area contributed by atoms with Gasteiger partial charge in [0.15, 0.2) is 11.5 Å². The number of carbonyl (C=O) groups is 1. The van der Waals surface area contributed by atoms with E-state index in [2.05, 4.69) is 20.4 Å². The first-order valence-corrected chi connectivity index (χ1v) is 9.71. The van der Waals surface area contributed by atoms with E-state index in [4.69, 9.17) is 13.7 Å². The third kappa shape index (κ3) is 3.53. The highest BCUT2D eigenvalue weighted by molar-refractivity contribution is 6.00. The number of fused-ring (bicyclic) bond motifs is 1. The van der Waals surface area contributed by atoms with E-state index in [0.29, 0.717) is 35.0 Å². The summed E-state index contributed by atoms with van der Waals surface area (Å²) in [6, 6.07) is 5.32. The summed E-state index contributed by atoms with van der Waals surface area (Å²) in [4.78, 5) is 19.4. The van der Waals surface area contributed by atoms with E-state index in [9.17, 15) is 4.79 Å². The maximum Gasteiger partial charge on any atom is 0.251 e. The molecule has 0 radical (unpaired) electrons. The molecule has 3 heterocycles. The Morgan fingerprint density at radius 3 is 2.93 bits per heavy atom. The fraction of sp³-hybridized carbons (Fsp3) is 0.450. The Morgan fingerprint density at radius 1 is 1.25 bits per heavy atom. The fourth-order valence-electron chi connectivity index (χ4n) is 3.43. The van der Waals surface area contributed by atoms with E-state index in [1.165, 1.54) is 0 Å². The summed E-state index contributed by atoms with van der Waals surface area (Å²) in [5.74, 6) is 1.07. The molecule has 1 N–H and O–H groups in total. The van der Waals surface area contributed by atoms with E-state index in [1.54, 1.807) is 24.5 Å². The molecule has 5 rings (SSSR count). The van der Waals surface area contributed by atoms with E-state index in [0.717, 1.165) is 57.0 Å². The van der Waals surface area contributed by atoms with Crippen LogP contribution in [0.3, 0.4) is 0 Å². The van der Waals surface area contributed by atoms with Gasteiger partial charge in [-0.05, 0) is 31.0 Å². The zero-order chi connectivity index (χ0) is 18.9. The van der Waals surface area contributed by atoms with Crippen LogP contribution in [0.5, 0.6) is 0 Å². The number of oxazole rings is 1.